The van der Waals surface area contributed by atoms with Crippen LogP contribution in [0.25, 0.3) is 0 Å². The highest BCUT2D eigenvalue weighted by Crippen LogP contribution is 2.21. The van der Waals surface area contributed by atoms with E-state index in [2.05, 4.69) is 0 Å². The number of nitrogens with two attached hydrogens (primary N) is 1. The third-order valence-corrected chi connectivity index (χ3v) is 4.55. The summed E-state index contributed by atoms with van der Waals surface area (Å²) in [5.41, 5.74) is 6.00. The molecule has 1 aromatic carbocycles. The zero-order valence-electron chi connectivity index (χ0n) is 10.5. The summed E-state index contributed by atoms with van der Waals surface area (Å²) >= 11 is 0. The van der Waals surface area contributed by atoms with Gasteiger partial charge in [0, 0.05) is 19.3 Å². The van der Waals surface area contributed by atoms with Crippen LogP contribution in [-0.4, -0.2) is 26.3 Å². The first-order chi connectivity index (χ1) is 8.43. The van der Waals surface area contributed by atoms with E-state index in [0.29, 0.717) is 12.2 Å². The molecule has 18 heavy (non-hydrogen) atoms. The van der Waals surface area contributed by atoms with Crippen LogP contribution in [0, 0.1) is 11.3 Å². The number of unbranched alkanes of at least 4 members (excludes halogenated alkanes) is 1. The monoisotopic (exact) mass is 267 g/mol. The highest BCUT2D eigenvalue weighted by Gasteiger charge is 2.23. The molecule has 0 fully saturated rings. The molecule has 0 atom stereocenters. The molecule has 0 bridgehead atoms. The Balaban J connectivity index is 3.17. The zero-order valence-corrected chi connectivity index (χ0v) is 11.4. The number of sulfonamides is 1. The van der Waals surface area contributed by atoms with Crippen LogP contribution in [0.4, 0.5) is 5.69 Å². The number of nitrogen functional groups attached to an aromatic ring is 1. The van der Waals surface area contributed by atoms with Crippen molar-refractivity contribution in [2.45, 2.75) is 24.7 Å². The van der Waals surface area contributed by atoms with Crippen LogP contribution >= 0.6 is 0 Å². The second-order valence-electron chi connectivity index (χ2n) is 4.05. The molecule has 0 saturated heterocycles. The van der Waals surface area contributed by atoms with E-state index >= 15 is 0 Å². The number of rotatable bonds is 5. The summed E-state index contributed by atoms with van der Waals surface area (Å²) < 4.78 is 25.8. The van der Waals surface area contributed by atoms with Crippen LogP contribution in [0.15, 0.2) is 23.1 Å². The van der Waals surface area contributed by atoms with Crippen molar-refractivity contribution in [2.24, 2.45) is 0 Å². The van der Waals surface area contributed by atoms with Gasteiger partial charge in [0.05, 0.1) is 5.56 Å². The fraction of sp³-hybridized carbons (Fsp3) is 0.417. The topological polar surface area (TPSA) is 87.2 Å². The Bertz CT molecular complexity index is 561. The molecule has 0 aromatic heterocycles. The Hall–Kier alpha value is -1.58. The van der Waals surface area contributed by atoms with Crippen LogP contribution < -0.4 is 5.73 Å². The van der Waals surface area contributed by atoms with Crippen molar-refractivity contribution in [1.29, 1.82) is 5.26 Å². The second kappa shape index (κ2) is 5.85. The van der Waals surface area contributed by atoms with E-state index in [-0.39, 0.29) is 10.5 Å². The zero-order chi connectivity index (χ0) is 13.8. The molecule has 1 rings (SSSR count). The quantitative estimate of drug-likeness (QED) is 0.820. The van der Waals surface area contributed by atoms with Gasteiger partial charge in [-0.25, -0.2) is 12.7 Å². The molecule has 0 amide bonds. The molecule has 0 saturated carbocycles. The number of nitriles is 1. The van der Waals surface area contributed by atoms with Gasteiger partial charge in [-0.05, 0) is 24.6 Å². The third kappa shape index (κ3) is 3.00. The lowest BCUT2D eigenvalue weighted by Crippen LogP contribution is -2.28. The Morgan fingerprint density at radius 2 is 2.11 bits per heavy atom. The summed E-state index contributed by atoms with van der Waals surface area (Å²) in [7, 11) is -2.10. The molecule has 0 radical (unpaired) electrons. The van der Waals surface area contributed by atoms with Gasteiger partial charge in [-0.15, -0.1) is 0 Å². The van der Waals surface area contributed by atoms with Gasteiger partial charge in [0.15, 0.2) is 0 Å². The summed E-state index contributed by atoms with van der Waals surface area (Å²) in [6, 6.07) is 6.11. The van der Waals surface area contributed by atoms with Crippen molar-refractivity contribution < 1.29 is 8.42 Å². The number of hydrogen-bond acceptors (Lipinski definition) is 4. The average molecular weight is 267 g/mol. The predicted molar refractivity (Wildman–Crippen MR) is 70.3 cm³/mol. The molecular formula is C12H17N3O2S. The maximum absolute atomic E-state index is 12.3. The van der Waals surface area contributed by atoms with E-state index in [1.54, 1.807) is 0 Å². The SMILES string of the molecule is CCCCN(C)S(=O)(=O)c1ccc(N)cc1C#N. The summed E-state index contributed by atoms with van der Waals surface area (Å²) in [4.78, 5) is 0.0119. The molecule has 5 nitrogen and oxygen atoms in total. The van der Waals surface area contributed by atoms with Gasteiger partial charge < -0.3 is 5.73 Å². The fourth-order valence-corrected chi connectivity index (χ4v) is 2.86. The summed E-state index contributed by atoms with van der Waals surface area (Å²) in [5, 5.41) is 8.98. The standard InChI is InChI=1S/C12H17N3O2S/c1-3-4-7-15(2)18(16,17)12-6-5-11(14)8-10(12)9-13/h5-6,8H,3-4,7,14H2,1-2H3. The number of benzene rings is 1. The molecule has 0 spiro atoms. The Labute approximate surface area is 108 Å². The van der Waals surface area contributed by atoms with Gasteiger partial charge in [0.2, 0.25) is 10.0 Å². The molecule has 0 aliphatic heterocycles. The highest BCUT2D eigenvalue weighted by molar-refractivity contribution is 7.89. The van der Waals surface area contributed by atoms with E-state index < -0.39 is 10.0 Å². The lowest BCUT2D eigenvalue weighted by Gasteiger charge is -2.17. The van der Waals surface area contributed by atoms with Gasteiger partial charge in [0.1, 0.15) is 11.0 Å². The Kier molecular flexibility index (Phi) is 4.70. The lowest BCUT2D eigenvalue weighted by molar-refractivity contribution is 0.459. The lowest BCUT2D eigenvalue weighted by atomic mass is 10.2. The Morgan fingerprint density at radius 3 is 2.67 bits per heavy atom. The van der Waals surface area contributed by atoms with Crippen LogP contribution in [-0.2, 0) is 10.0 Å². The fourth-order valence-electron chi connectivity index (χ4n) is 1.53. The van der Waals surface area contributed by atoms with Gasteiger partial charge in [-0.3, -0.25) is 0 Å². The molecule has 0 aliphatic rings. The number of hydrogen-bond donors (Lipinski definition) is 1. The van der Waals surface area contributed by atoms with Gasteiger partial charge in [-0.1, -0.05) is 13.3 Å². The average Bonchev–Trinajstić information content (AvgIpc) is 2.35. The molecule has 1 aromatic rings. The van der Waals surface area contributed by atoms with Gasteiger partial charge in [-0.2, -0.15) is 5.26 Å². The molecule has 6 heteroatoms. The summed E-state index contributed by atoms with van der Waals surface area (Å²) in [6.07, 6.45) is 1.69. The van der Waals surface area contributed by atoms with Crippen molar-refractivity contribution in [3.05, 3.63) is 23.8 Å². The van der Waals surface area contributed by atoms with E-state index in [9.17, 15) is 8.42 Å². The minimum Gasteiger partial charge on any atom is -0.399 e. The normalized spacial score (nSPS) is 11.4. The second-order valence-corrected chi connectivity index (χ2v) is 6.06. The number of nitrogens with zero attached hydrogens (tertiary/aromatic N) is 2. The molecular weight excluding hydrogens is 250 g/mol. The van der Waals surface area contributed by atoms with E-state index in [4.69, 9.17) is 11.0 Å². The first kappa shape index (κ1) is 14.5. The molecule has 2 N–H and O–H groups in total. The van der Waals surface area contributed by atoms with E-state index in [1.807, 2.05) is 13.0 Å². The van der Waals surface area contributed by atoms with Gasteiger partial charge >= 0.3 is 0 Å². The van der Waals surface area contributed by atoms with E-state index in [0.717, 1.165) is 12.8 Å². The minimum atomic E-state index is -3.62. The maximum atomic E-state index is 12.3. The first-order valence-electron chi connectivity index (χ1n) is 5.69. The third-order valence-electron chi connectivity index (χ3n) is 2.64. The van der Waals surface area contributed by atoms with Crippen molar-refractivity contribution in [1.82, 2.24) is 4.31 Å². The van der Waals surface area contributed by atoms with Crippen molar-refractivity contribution in [3.8, 4) is 6.07 Å². The molecule has 0 aliphatic carbocycles. The predicted octanol–water partition coefficient (Wildman–Crippen LogP) is 1.56. The maximum Gasteiger partial charge on any atom is 0.244 e. The number of anilines is 1. The Morgan fingerprint density at radius 1 is 1.44 bits per heavy atom. The van der Waals surface area contributed by atoms with Crippen molar-refractivity contribution >= 4 is 15.7 Å². The van der Waals surface area contributed by atoms with Crippen LogP contribution in [0.2, 0.25) is 0 Å². The highest BCUT2D eigenvalue weighted by atomic mass is 32.2. The molecule has 98 valence electrons. The minimum absolute atomic E-state index is 0.0119. The summed E-state index contributed by atoms with van der Waals surface area (Å²) in [6.45, 7) is 2.43. The van der Waals surface area contributed by atoms with Gasteiger partial charge in [0.25, 0.3) is 0 Å². The van der Waals surface area contributed by atoms with E-state index in [1.165, 1.54) is 29.6 Å². The van der Waals surface area contributed by atoms with Crippen LogP contribution in [0.1, 0.15) is 25.3 Å². The first-order valence-corrected chi connectivity index (χ1v) is 7.13. The van der Waals surface area contributed by atoms with Crippen molar-refractivity contribution in [2.75, 3.05) is 19.3 Å². The van der Waals surface area contributed by atoms with Crippen molar-refractivity contribution in [3.63, 3.8) is 0 Å². The smallest absolute Gasteiger partial charge is 0.244 e. The summed E-state index contributed by atoms with van der Waals surface area (Å²) in [5.74, 6) is 0. The van der Waals surface area contributed by atoms with Crippen LogP contribution in [0.3, 0.4) is 0 Å². The molecule has 0 unspecified atom stereocenters. The van der Waals surface area contributed by atoms with Crippen LogP contribution in [0.5, 0.6) is 0 Å². The molecule has 0 heterocycles. The largest absolute Gasteiger partial charge is 0.399 e.